The van der Waals surface area contributed by atoms with Crippen molar-refractivity contribution in [3.8, 4) is 0 Å². The summed E-state index contributed by atoms with van der Waals surface area (Å²) in [6.45, 7) is 1.94. The normalized spacial score (nSPS) is 10.0. The summed E-state index contributed by atoms with van der Waals surface area (Å²) < 4.78 is 0. The largest absolute Gasteiger partial charge is 1.00 e. The summed E-state index contributed by atoms with van der Waals surface area (Å²) in [4.78, 5) is 1.86. The number of nitrogens with zero attached hydrogens (tertiary/aromatic N) is 2. The number of anilines is 1. The number of allylic oxidation sites excluding steroid dienone is 4. The van der Waals surface area contributed by atoms with Gasteiger partial charge < -0.3 is 10.3 Å². The van der Waals surface area contributed by atoms with Crippen molar-refractivity contribution in [1.82, 2.24) is 0 Å². The first-order chi connectivity index (χ1) is 7.79. The van der Waals surface area contributed by atoms with Crippen LogP contribution in [-0.4, -0.2) is 12.9 Å². The van der Waals surface area contributed by atoms with Gasteiger partial charge in [0.25, 0.3) is 0 Å². The van der Waals surface area contributed by atoms with Gasteiger partial charge in [-0.3, -0.25) is 0 Å². The molecule has 0 saturated carbocycles. The average molecular weight is 218 g/mol. The fourth-order valence-corrected chi connectivity index (χ4v) is 1.27. The Labute approximate surface area is 115 Å². The SMILES string of the molecule is C/C=C/C=CC(=C=[N-])N(C)c1ccccc1.[Li+]. The van der Waals surface area contributed by atoms with E-state index in [0.29, 0.717) is 5.70 Å². The first kappa shape index (κ1) is 15.5. The van der Waals surface area contributed by atoms with Crippen LogP contribution >= 0.6 is 0 Å². The van der Waals surface area contributed by atoms with Crippen molar-refractivity contribution >= 4 is 11.6 Å². The zero-order valence-corrected chi connectivity index (χ0v) is 10.6. The second-order valence-corrected chi connectivity index (χ2v) is 3.28. The van der Waals surface area contributed by atoms with Crippen LogP contribution in [0.25, 0.3) is 5.41 Å². The molecule has 0 radical (unpaired) electrons. The van der Waals surface area contributed by atoms with E-state index in [-0.39, 0.29) is 18.9 Å². The molecule has 0 fully saturated rings. The van der Waals surface area contributed by atoms with Gasteiger partial charge in [-0.2, -0.15) is 0 Å². The van der Waals surface area contributed by atoms with Gasteiger partial charge in [0.1, 0.15) is 0 Å². The smallest absolute Gasteiger partial charge is 0.762 e. The zero-order valence-electron chi connectivity index (χ0n) is 10.6. The second kappa shape index (κ2) is 8.67. The fraction of sp³-hybridized carbons (Fsp3) is 0.143. The van der Waals surface area contributed by atoms with Crippen molar-refractivity contribution in [2.75, 3.05) is 11.9 Å². The van der Waals surface area contributed by atoms with Crippen LogP contribution in [0.2, 0.25) is 0 Å². The van der Waals surface area contributed by atoms with Crippen molar-refractivity contribution in [1.29, 1.82) is 0 Å². The van der Waals surface area contributed by atoms with E-state index in [4.69, 9.17) is 5.41 Å². The molecule has 82 valence electrons. The summed E-state index contributed by atoms with van der Waals surface area (Å²) >= 11 is 0. The monoisotopic (exact) mass is 218 g/mol. The van der Waals surface area contributed by atoms with Crippen molar-refractivity contribution in [2.45, 2.75) is 6.92 Å². The number of likely N-dealkylation sites (N-methyl/N-ethyl adjacent to an activating group) is 1. The molecule has 0 aliphatic rings. The summed E-state index contributed by atoms with van der Waals surface area (Å²) in [5.41, 5.74) is 1.62. The molecule has 0 spiro atoms. The van der Waals surface area contributed by atoms with Crippen LogP contribution in [-0.2, 0) is 0 Å². The molecule has 1 rings (SSSR count). The maximum Gasteiger partial charge on any atom is 1.00 e. The molecule has 17 heavy (non-hydrogen) atoms. The Morgan fingerprint density at radius 3 is 2.41 bits per heavy atom. The fourth-order valence-electron chi connectivity index (χ4n) is 1.27. The molecular formula is C14H15LiN2. The quantitative estimate of drug-likeness (QED) is 0.407. The predicted molar refractivity (Wildman–Crippen MR) is 70.7 cm³/mol. The summed E-state index contributed by atoms with van der Waals surface area (Å²) in [5, 5.41) is 9.05. The van der Waals surface area contributed by atoms with E-state index in [1.165, 1.54) is 0 Å². The standard InChI is InChI=1S/C14H15N2.Li/c1-3-4-6-11-14(12-15)16(2)13-9-7-5-8-10-13;/h3-11H,1-2H3;/q-1;+1/b4-3+,11-6?;. The van der Waals surface area contributed by atoms with Crippen LogP contribution in [0, 0.1) is 0 Å². The molecule has 0 aromatic heterocycles. The van der Waals surface area contributed by atoms with Crippen LogP contribution in [0.1, 0.15) is 6.92 Å². The molecule has 2 nitrogen and oxygen atoms in total. The molecular weight excluding hydrogens is 203 g/mol. The van der Waals surface area contributed by atoms with E-state index < -0.39 is 0 Å². The Kier molecular flexibility index (Phi) is 7.93. The number of rotatable bonds is 4. The molecule has 0 N–H and O–H groups in total. The van der Waals surface area contributed by atoms with Crippen LogP contribution < -0.4 is 23.8 Å². The van der Waals surface area contributed by atoms with Crippen LogP contribution in [0.4, 0.5) is 5.69 Å². The Hall–Kier alpha value is -1.45. The molecule has 3 heteroatoms. The Morgan fingerprint density at radius 2 is 1.88 bits per heavy atom. The number of hydrogen-bond donors (Lipinski definition) is 0. The maximum atomic E-state index is 9.05. The predicted octanol–water partition coefficient (Wildman–Crippen LogP) is 0.382. The van der Waals surface area contributed by atoms with Gasteiger partial charge in [0, 0.05) is 12.7 Å². The van der Waals surface area contributed by atoms with E-state index in [9.17, 15) is 0 Å². The summed E-state index contributed by atoms with van der Waals surface area (Å²) in [7, 11) is 1.88. The number of hydrogen-bond acceptors (Lipinski definition) is 1. The summed E-state index contributed by atoms with van der Waals surface area (Å²) in [5.74, 6) is 2.18. The topological polar surface area (TPSA) is 25.5 Å². The van der Waals surface area contributed by atoms with E-state index in [0.717, 1.165) is 5.69 Å². The van der Waals surface area contributed by atoms with Gasteiger partial charge >= 0.3 is 18.9 Å². The number of para-hydroxylation sites is 1. The minimum atomic E-state index is 0. The van der Waals surface area contributed by atoms with Gasteiger partial charge in [-0.25, -0.2) is 5.87 Å². The van der Waals surface area contributed by atoms with Crippen molar-refractivity contribution in [3.63, 3.8) is 0 Å². The molecule has 0 saturated heterocycles. The van der Waals surface area contributed by atoms with Crippen molar-refractivity contribution in [2.24, 2.45) is 0 Å². The molecule has 0 bridgehead atoms. The second-order valence-electron chi connectivity index (χ2n) is 3.28. The minimum absolute atomic E-state index is 0. The number of benzene rings is 1. The first-order valence-electron chi connectivity index (χ1n) is 5.14. The van der Waals surface area contributed by atoms with Gasteiger partial charge in [-0.15, -0.1) is 0 Å². The van der Waals surface area contributed by atoms with Gasteiger partial charge in [0.05, 0.1) is 5.70 Å². The van der Waals surface area contributed by atoms with E-state index in [1.54, 1.807) is 6.08 Å². The molecule has 0 heterocycles. The Balaban J connectivity index is 0.00000256. The van der Waals surface area contributed by atoms with Crippen LogP contribution in [0.5, 0.6) is 0 Å². The molecule has 0 aliphatic heterocycles. The molecule has 0 aliphatic carbocycles. The van der Waals surface area contributed by atoms with Crippen LogP contribution in [0.15, 0.2) is 60.3 Å². The molecule has 0 amide bonds. The van der Waals surface area contributed by atoms with E-state index in [2.05, 4.69) is 5.87 Å². The molecule has 1 aromatic carbocycles. The molecule has 0 unspecified atom stereocenters. The molecule has 0 atom stereocenters. The Bertz CT molecular complexity index is 429. The van der Waals surface area contributed by atoms with Gasteiger partial charge in [-0.05, 0) is 25.1 Å². The third-order valence-corrected chi connectivity index (χ3v) is 2.18. The third kappa shape index (κ3) is 4.93. The van der Waals surface area contributed by atoms with E-state index in [1.807, 2.05) is 67.4 Å². The van der Waals surface area contributed by atoms with Crippen LogP contribution in [0.3, 0.4) is 0 Å². The Morgan fingerprint density at radius 1 is 1.24 bits per heavy atom. The third-order valence-electron chi connectivity index (χ3n) is 2.18. The van der Waals surface area contributed by atoms with Crippen molar-refractivity contribution in [3.05, 3.63) is 65.7 Å². The van der Waals surface area contributed by atoms with Gasteiger partial charge in [0.2, 0.25) is 0 Å². The van der Waals surface area contributed by atoms with E-state index >= 15 is 0 Å². The van der Waals surface area contributed by atoms with Gasteiger partial charge in [0.15, 0.2) is 0 Å². The summed E-state index contributed by atoms with van der Waals surface area (Å²) in [6, 6.07) is 9.81. The van der Waals surface area contributed by atoms with Crippen molar-refractivity contribution < 1.29 is 18.9 Å². The van der Waals surface area contributed by atoms with Gasteiger partial charge in [-0.1, -0.05) is 36.4 Å². The molecule has 1 aromatic rings. The maximum absolute atomic E-state index is 9.05. The first-order valence-corrected chi connectivity index (χ1v) is 5.14. The average Bonchev–Trinajstić information content (AvgIpc) is 2.35. The minimum Gasteiger partial charge on any atom is -0.762 e. The summed E-state index contributed by atoms with van der Waals surface area (Å²) in [6.07, 6.45) is 7.48. The zero-order chi connectivity index (χ0) is 11.8.